The largest absolute Gasteiger partial charge is 0.415 e. The lowest BCUT2D eigenvalue weighted by molar-refractivity contribution is 0.0985. The topological polar surface area (TPSA) is 101 Å². The van der Waals surface area contributed by atoms with Crippen molar-refractivity contribution < 1.29 is 19.5 Å². The van der Waals surface area contributed by atoms with E-state index in [-0.39, 0.29) is 12.0 Å². The molecule has 0 saturated carbocycles. The summed E-state index contributed by atoms with van der Waals surface area (Å²) in [6.07, 6.45) is 0.348. The van der Waals surface area contributed by atoms with Crippen LogP contribution in [0.2, 0.25) is 0 Å². The third-order valence-corrected chi connectivity index (χ3v) is 7.15. The monoisotopic (exact) mass is 485 g/mol. The lowest BCUT2D eigenvalue weighted by atomic mass is 10.0. The molecule has 0 unspecified atom stereocenters. The van der Waals surface area contributed by atoms with Gasteiger partial charge in [0.2, 0.25) is 0 Å². The Labute approximate surface area is 207 Å². The van der Waals surface area contributed by atoms with E-state index in [1.54, 1.807) is 28.0 Å². The number of likely N-dealkylation sites (N-methyl/N-ethyl adjacent to an activating group) is 1. The molecule has 9 nitrogen and oxygen atoms in total. The van der Waals surface area contributed by atoms with Gasteiger partial charge in [-0.25, -0.2) is 4.79 Å². The zero-order valence-corrected chi connectivity index (χ0v) is 20.0. The first-order valence-corrected chi connectivity index (χ1v) is 12.1. The molecule has 6 rings (SSSR count). The Morgan fingerprint density at radius 2 is 1.75 bits per heavy atom. The molecule has 4 aromatic rings. The predicted molar refractivity (Wildman–Crippen MR) is 138 cm³/mol. The lowest BCUT2D eigenvalue weighted by Gasteiger charge is -2.31. The number of nitrogens with one attached hydrogen (secondary N) is 2. The zero-order valence-electron chi connectivity index (χ0n) is 20.0. The maximum Gasteiger partial charge on any atom is 0.415 e. The van der Waals surface area contributed by atoms with E-state index in [4.69, 9.17) is 4.74 Å². The number of anilines is 2. The molecule has 9 heteroatoms. The molecule has 2 aliphatic rings. The van der Waals surface area contributed by atoms with Crippen molar-refractivity contribution in [1.29, 1.82) is 0 Å². The molecule has 36 heavy (non-hydrogen) atoms. The minimum atomic E-state index is -0.368. The van der Waals surface area contributed by atoms with E-state index >= 15 is 0 Å². The van der Waals surface area contributed by atoms with Crippen LogP contribution >= 0.6 is 0 Å². The van der Waals surface area contributed by atoms with Gasteiger partial charge in [-0.2, -0.15) is 0 Å². The molecule has 1 fully saturated rings. The van der Waals surface area contributed by atoms with Crippen LogP contribution < -0.4 is 15.1 Å². The highest BCUT2D eigenvalue weighted by Gasteiger charge is 2.30. The number of amides is 2. The number of H-pyrrole nitrogens is 1. The number of hydrogen-bond donors (Lipinski definition) is 3. The van der Waals surface area contributed by atoms with Crippen LogP contribution in [0.5, 0.6) is 5.75 Å². The smallest absolute Gasteiger partial charge is 0.409 e. The molecule has 0 spiro atoms. The van der Waals surface area contributed by atoms with Gasteiger partial charge in [-0.1, -0.05) is 24.3 Å². The first kappa shape index (κ1) is 22.4. The molecule has 2 amide bonds. The van der Waals surface area contributed by atoms with E-state index in [0.29, 0.717) is 43.2 Å². The fourth-order valence-corrected chi connectivity index (χ4v) is 5.14. The van der Waals surface area contributed by atoms with Crippen molar-refractivity contribution in [2.24, 2.45) is 0 Å². The van der Waals surface area contributed by atoms with E-state index in [0.717, 1.165) is 46.0 Å². The lowest BCUT2D eigenvalue weighted by Crippen LogP contribution is -2.48. The third kappa shape index (κ3) is 3.82. The normalized spacial score (nSPS) is 15.9. The molecule has 0 radical (unpaired) electrons. The molecular formula is C27H27N5O4. The van der Waals surface area contributed by atoms with E-state index in [1.165, 1.54) is 0 Å². The number of aromatic nitrogens is 1. The van der Waals surface area contributed by atoms with Crippen LogP contribution in [-0.2, 0) is 6.42 Å². The first-order valence-electron chi connectivity index (χ1n) is 12.1. The van der Waals surface area contributed by atoms with Crippen LogP contribution in [0.15, 0.2) is 54.6 Å². The van der Waals surface area contributed by atoms with Crippen molar-refractivity contribution >= 4 is 45.1 Å². The average Bonchev–Trinajstić information content (AvgIpc) is 3.53. The summed E-state index contributed by atoms with van der Waals surface area (Å²) in [5.41, 5.74) is 5.77. The van der Waals surface area contributed by atoms with Crippen molar-refractivity contribution in [1.82, 2.24) is 14.8 Å². The van der Waals surface area contributed by atoms with Gasteiger partial charge in [-0.3, -0.25) is 15.5 Å². The summed E-state index contributed by atoms with van der Waals surface area (Å²) in [7, 11) is 2.04. The van der Waals surface area contributed by atoms with Crippen molar-refractivity contribution in [2.45, 2.75) is 6.42 Å². The zero-order chi connectivity index (χ0) is 24.8. The Hall–Kier alpha value is -4.08. The summed E-state index contributed by atoms with van der Waals surface area (Å²) < 4.78 is 5.93. The molecule has 0 bridgehead atoms. The summed E-state index contributed by atoms with van der Waals surface area (Å²) in [5, 5.41) is 11.9. The van der Waals surface area contributed by atoms with E-state index in [2.05, 4.69) is 15.4 Å². The van der Waals surface area contributed by atoms with Gasteiger partial charge in [-0.05, 0) is 48.7 Å². The second-order valence-electron chi connectivity index (χ2n) is 9.38. The van der Waals surface area contributed by atoms with Gasteiger partial charge < -0.3 is 24.4 Å². The van der Waals surface area contributed by atoms with Crippen molar-refractivity contribution in [3.8, 4) is 5.75 Å². The fraction of sp³-hybridized carbons (Fsp3) is 0.259. The molecule has 0 aliphatic carbocycles. The quantitative estimate of drug-likeness (QED) is 0.378. The molecule has 3 aromatic carbocycles. The highest BCUT2D eigenvalue weighted by Crippen LogP contribution is 2.41. The van der Waals surface area contributed by atoms with Gasteiger partial charge in [0.25, 0.3) is 5.91 Å². The Bertz CT molecular complexity index is 1490. The second kappa shape index (κ2) is 8.85. The van der Waals surface area contributed by atoms with Gasteiger partial charge in [0.15, 0.2) is 0 Å². The number of rotatable bonds is 3. The van der Waals surface area contributed by atoms with Crippen molar-refractivity contribution in [3.05, 3.63) is 65.9 Å². The van der Waals surface area contributed by atoms with Crippen LogP contribution in [-0.4, -0.2) is 71.8 Å². The second-order valence-corrected chi connectivity index (χ2v) is 9.38. The standard InChI is InChI=1S/C27H27N5O4/c1-30-10-12-31(13-11-30)27(34)36-25-16-24-20(19-4-2-3-5-21(19)25)8-9-32(24)26(33)23-15-17-14-18(29-35)6-7-22(17)28-23/h2-7,14-16,28-29,35H,8-13H2,1H3. The maximum absolute atomic E-state index is 13.6. The Morgan fingerprint density at radius 3 is 2.53 bits per heavy atom. The average molecular weight is 486 g/mol. The van der Waals surface area contributed by atoms with Gasteiger partial charge in [0, 0.05) is 55.1 Å². The highest BCUT2D eigenvalue weighted by atomic mass is 16.6. The Morgan fingerprint density at radius 1 is 0.972 bits per heavy atom. The number of aromatic amines is 1. The summed E-state index contributed by atoms with van der Waals surface area (Å²) in [4.78, 5) is 35.4. The predicted octanol–water partition coefficient (Wildman–Crippen LogP) is 4.07. The van der Waals surface area contributed by atoms with Crippen LogP contribution in [0.3, 0.4) is 0 Å². The highest BCUT2D eigenvalue weighted by molar-refractivity contribution is 6.11. The number of hydrogen-bond acceptors (Lipinski definition) is 6. The number of piperazine rings is 1. The van der Waals surface area contributed by atoms with E-state index in [9.17, 15) is 14.8 Å². The number of fused-ring (bicyclic) bond motifs is 4. The summed E-state index contributed by atoms with van der Waals surface area (Å²) in [6, 6.07) is 16.8. The van der Waals surface area contributed by atoms with Gasteiger partial charge in [0.05, 0.1) is 11.4 Å². The van der Waals surface area contributed by atoms with Crippen LogP contribution in [0.4, 0.5) is 16.2 Å². The van der Waals surface area contributed by atoms with Crippen molar-refractivity contribution in [2.75, 3.05) is 50.2 Å². The number of carbonyl (C=O) groups excluding carboxylic acids is 2. The molecule has 1 saturated heterocycles. The van der Waals surface area contributed by atoms with Gasteiger partial charge >= 0.3 is 6.09 Å². The van der Waals surface area contributed by atoms with Gasteiger partial charge in [-0.15, -0.1) is 0 Å². The number of carbonyl (C=O) groups is 2. The summed E-state index contributed by atoms with van der Waals surface area (Å²) in [5.74, 6) is 0.304. The fourth-order valence-electron chi connectivity index (χ4n) is 5.14. The molecule has 1 aromatic heterocycles. The molecule has 0 atom stereocenters. The number of ether oxygens (including phenoxy) is 1. The van der Waals surface area contributed by atoms with Crippen LogP contribution in [0.1, 0.15) is 16.1 Å². The van der Waals surface area contributed by atoms with Crippen LogP contribution in [0, 0.1) is 0 Å². The number of nitrogens with zero attached hydrogens (tertiary/aromatic N) is 3. The SMILES string of the molecule is CN1CCN(C(=O)Oc2cc3c(c4ccccc24)CCN3C(=O)c2cc3cc(NO)ccc3[nH]2)CC1. The number of benzene rings is 3. The minimum absolute atomic E-state index is 0.157. The first-order chi connectivity index (χ1) is 17.5. The van der Waals surface area contributed by atoms with Gasteiger partial charge in [0.1, 0.15) is 11.4 Å². The Kier molecular flexibility index (Phi) is 5.50. The molecular weight excluding hydrogens is 458 g/mol. The molecule has 3 N–H and O–H groups in total. The third-order valence-electron chi connectivity index (χ3n) is 7.15. The van der Waals surface area contributed by atoms with E-state index < -0.39 is 0 Å². The molecule has 3 heterocycles. The Balaban J connectivity index is 1.35. The summed E-state index contributed by atoms with van der Waals surface area (Å²) >= 11 is 0. The molecule has 2 aliphatic heterocycles. The van der Waals surface area contributed by atoms with Crippen LogP contribution in [0.25, 0.3) is 21.7 Å². The maximum atomic E-state index is 13.6. The van der Waals surface area contributed by atoms with E-state index in [1.807, 2.05) is 43.4 Å². The summed E-state index contributed by atoms with van der Waals surface area (Å²) in [6.45, 7) is 3.39. The molecule has 184 valence electrons. The minimum Gasteiger partial charge on any atom is -0.409 e. The van der Waals surface area contributed by atoms with Crippen molar-refractivity contribution in [3.63, 3.8) is 0 Å².